The summed E-state index contributed by atoms with van der Waals surface area (Å²) < 4.78 is 0. The third-order valence-electron chi connectivity index (χ3n) is 4.30. The van der Waals surface area contributed by atoms with Crippen LogP contribution in [-0.4, -0.2) is 29.9 Å². The van der Waals surface area contributed by atoms with Gasteiger partial charge in [0.05, 0.1) is 6.04 Å². The molecule has 2 rings (SSSR count). The summed E-state index contributed by atoms with van der Waals surface area (Å²) in [6.45, 7) is 8.53. The largest absolute Gasteiger partial charge is 0.399 e. The number of likely N-dealkylation sites (tertiary alicyclic amines) is 1. The minimum absolute atomic E-state index is 0.0548. The number of nitrogens with one attached hydrogen (secondary N) is 1. The van der Waals surface area contributed by atoms with E-state index in [-0.39, 0.29) is 11.9 Å². The number of hydrogen-bond donors (Lipinski definition) is 2. The molecule has 0 bridgehead atoms. The number of anilines is 2. The van der Waals surface area contributed by atoms with E-state index in [9.17, 15) is 4.79 Å². The number of nitrogens with zero attached hydrogens (tertiary/aromatic N) is 1. The molecular formula is C16H25N3O. The van der Waals surface area contributed by atoms with Gasteiger partial charge in [-0.15, -0.1) is 0 Å². The molecule has 4 heteroatoms. The molecule has 2 unspecified atom stereocenters. The third kappa shape index (κ3) is 3.51. The molecule has 1 heterocycles. The lowest BCUT2D eigenvalue weighted by molar-refractivity contribution is -0.120. The highest BCUT2D eigenvalue weighted by molar-refractivity contribution is 5.94. The van der Waals surface area contributed by atoms with Crippen molar-refractivity contribution < 1.29 is 4.79 Å². The van der Waals surface area contributed by atoms with Gasteiger partial charge in [-0.05, 0) is 56.0 Å². The summed E-state index contributed by atoms with van der Waals surface area (Å²) in [5, 5.41) is 2.95. The minimum Gasteiger partial charge on any atom is -0.399 e. The first kappa shape index (κ1) is 14.9. The van der Waals surface area contributed by atoms with Crippen LogP contribution in [0.4, 0.5) is 11.4 Å². The van der Waals surface area contributed by atoms with Crippen molar-refractivity contribution in [2.75, 3.05) is 24.1 Å². The summed E-state index contributed by atoms with van der Waals surface area (Å²) in [6, 6.07) is 7.17. The topological polar surface area (TPSA) is 58.4 Å². The molecule has 1 amide bonds. The molecular weight excluding hydrogens is 250 g/mol. The van der Waals surface area contributed by atoms with Gasteiger partial charge in [0.2, 0.25) is 5.91 Å². The molecule has 1 aromatic rings. The molecule has 110 valence electrons. The van der Waals surface area contributed by atoms with E-state index in [0.717, 1.165) is 18.8 Å². The summed E-state index contributed by atoms with van der Waals surface area (Å²) >= 11 is 0. The van der Waals surface area contributed by atoms with Crippen LogP contribution < -0.4 is 11.1 Å². The first-order valence-corrected chi connectivity index (χ1v) is 7.38. The van der Waals surface area contributed by atoms with Crippen LogP contribution in [0.2, 0.25) is 0 Å². The highest BCUT2D eigenvalue weighted by atomic mass is 16.2. The van der Waals surface area contributed by atoms with Gasteiger partial charge in [0, 0.05) is 17.9 Å². The van der Waals surface area contributed by atoms with Crippen LogP contribution >= 0.6 is 0 Å². The highest BCUT2D eigenvalue weighted by Gasteiger charge is 2.30. The normalized spacial score (nSPS) is 21.1. The molecule has 1 aliphatic rings. The Bertz CT molecular complexity index is 455. The lowest BCUT2D eigenvalue weighted by atomic mass is 9.95. The Morgan fingerprint density at radius 1 is 1.30 bits per heavy atom. The Balaban J connectivity index is 1.91. The van der Waals surface area contributed by atoms with Crippen molar-refractivity contribution in [3.63, 3.8) is 0 Å². The van der Waals surface area contributed by atoms with Gasteiger partial charge in [0.1, 0.15) is 0 Å². The first-order valence-electron chi connectivity index (χ1n) is 7.38. The Kier molecular flexibility index (Phi) is 4.65. The molecule has 4 nitrogen and oxygen atoms in total. The second kappa shape index (κ2) is 6.27. The molecule has 0 aliphatic carbocycles. The Morgan fingerprint density at radius 3 is 2.50 bits per heavy atom. The SMILES string of the molecule is CC(C)C1CCN(C(C)C(=O)Nc2ccc(N)cc2)C1. The zero-order valence-corrected chi connectivity index (χ0v) is 12.6. The highest BCUT2D eigenvalue weighted by Crippen LogP contribution is 2.25. The van der Waals surface area contributed by atoms with E-state index < -0.39 is 0 Å². The van der Waals surface area contributed by atoms with E-state index in [2.05, 4.69) is 24.1 Å². The van der Waals surface area contributed by atoms with Crippen LogP contribution in [0.25, 0.3) is 0 Å². The Labute approximate surface area is 121 Å². The molecule has 20 heavy (non-hydrogen) atoms. The quantitative estimate of drug-likeness (QED) is 0.830. The molecule has 2 atom stereocenters. The summed E-state index contributed by atoms with van der Waals surface area (Å²) in [5.41, 5.74) is 7.15. The molecule has 1 saturated heterocycles. The number of carbonyl (C=O) groups is 1. The fraction of sp³-hybridized carbons (Fsp3) is 0.562. The van der Waals surface area contributed by atoms with Crippen molar-refractivity contribution in [3.05, 3.63) is 24.3 Å². The number of hydrogen-bond acceptors (Lipinski definition) is 3. The third-order valence-corrected chi connectivity index (χ3v) is 4.30. The van der Waals surface area contributed by atoms with Crippen molar-refractivity contribution in [2.24, 2.45) is 11.8 Å². The van der Waals surface area contributed by atoms with Gasteiger partial charge >= 0.3 is 0 Å². The molecule has 0 aromatic heterocycles. The van der Waals surface area contributed by atoms with Crippen molar-refractivity contribution in [3.8, 4) is 0 Å². The number of nitrogen functional groups attached to an aromatic ring is 1. The van der Waals surface area contributed by atoms with Crippen LogP contribution in [0, 0.1) is 11.8 Å². The molecule has 1 aromatic carbocycles. The average molecular weight is 275 g/mol. The maximum absolute atomic E-state index is 12.3. The standard InChI is InChI=1S/C16H25N3O/c1-11(2)13-8-9-19(10-13)12(3)16(20)18-15-6-4-14(17)5-7-15/h4-7,11-13H,8-10,17H2,1-3H3,(H,18,20). The molecule has 3 N–H and O–H groups in total. The maximum atomic E-state index is 12.3. The minimum atomic E-state index is -0.0868. The summed E-state index contributed by atoms with van der Waals surface area (Å²) in [7, 11) is 0. The summed E-state index contributed by atoms with van der Waals surface area (Å²) in [4.78, 5) is 14.6. The van der Waals surface area contributed by atoms with E-state index >= 15 is 0 Å². The average Bonchev–Trinajstić information content (AvgIpc) is 2.90. The van der Waals surface area contributed by atoms with Crippen LogP contribution in [0.15, 0.2) is 24.3 Å². The number of benzene rings is 1. The Hall–Kier alpha value is -1.55. The molecule has 1 aliphatic heterocycles. The molecule has 0 spiro atoms. The van der Waals surface area contributed by atoms with E-state index in [1.54, 1.807) is 12.1 Å². The van der Waals surface area contributed by atoms with Gasteiger partial charge in [-0.25, -0.2) is 0 Å². The smallest absolute Gasteiger partial charge is 0.241 e. The lowest BCUT2D eigenvalue weighted by Gasteiger charge is -2.24. The predicted octanol–water partition coefficient (Wildman–Crippen LogP) is 2.57. The van der Waals surface area contributed by atoms with E-state index in [0.29, 0.717) is 17.5 Å². The zero-order chi connectivity index (χ0) is 14.7. The molecule has 0 radical (unpaired) electrons. The number of rotatable bonds is 4. The van der Waals surface area contributed by atoms with Crippen LogP contribution in [0.1, 0.15) is 27.2 Å². The van der Waals surface area contributed by atoms with E-state index in [4.69, 9.17) is 5.73 Å². The van der Waals surface area contributed by atoms with Crippen molar-refractivity contribution in [2.45, 2.75) is 33.2 Å². The van der Waals surface area contributed by atoms with E-state index in [1.807, 2.05) is 19.1 Å². The second-order valence-electron chi connectivity index (χ2n) is 6.07. The molecule has 1 fully saturated rings. The number of amides is 1. The van der Waals surface area contributed by atoms with Gasteiger partial charge in [-0.1, -0.05) is 13.8 Å². The first-order chi connectivity index (χ1) is 9.47. The Morgan fingerprint density at radius 2 is 1.95 bits per heavy atom. The van der Waals surface area contributed by atoms with Gasteiger partial charge in [0.25, 0.3) is 0 Å². The maximum Gasteiger partial charge on any atom is 0.241 e. The van der Waals surface area contributed by atoms with Gasteiger partial charge in [-0.3, -0.25) is 9.69 Å². The number of carbonyl (C=O) groups excluding carboxylic acids is 1. The summed E-state index contributed by atoms with van der Waals surface area (Å²) in [6.07, 6.45) is 1.19. The van der Waals surface area contributed by atoms with Crippen LogP contribution in [0.5, 0.6) is 0 Å². The van der Waals surface area contributed by atoms with Gasteiger partial charge < -0.3 is 11.1 Å². The predicted molar refractivity (Wildman–Crippen MR) is 83.5 cm³/mol. The molecule has 0 saturated carbocycles. The van der Waals surface area contributed by atoms with Crippen molar-refractivity contribution in [1.82, 2.24) is 4.90 Å². The zero-order valence-electron chi connectivity index (χ0n) is 12.6. The van der Waals surface area contributed by atoms with E-state index in [1.165, 1.54) is 6.42 Å². The summed E-state index contributed by atoms with van der Waals surface area (Å²) in [5.74, 6) is 1.45. The lowest BCUT2D eigenvalue weighted by Crippen LogP contribution is -2.40. The van der Waals surface area contributed by atoms with Gasteiger partial charge in [-0.2, -0.15) is 0 Å². The fourth-order valence-electron chi connectivity index (χ4n) is 2.69. The fourth-order valence-corrected chi connectivity index (χ4v) is 2.69. The van der Waals surface area contributed by atoms with Gasteiger partial charge in [0.15, 0.2) is 0 Å². The second-order valence-corrected chi connectivity index (χ2v) is 6.07. The van der Waals surface area contributed by atoms with Crippen LogP contribution in [0.3, 0.4) is 0 Å². The number of nitrogens with two attached hydrogens (primary N) is 1. The monoisotopic (exact) mass is 275 g/mol. The van der Waals surface area contributed by atoms with Crippen molar-refractivity contribution >= 4 is 17.3 Å². The van der Waals surface area contributed by atoms with Crippen molar-refractivity contribution in [1.29, 1.82) is 0 Å². The van der Waals surface area contributed by atoms with Crippen LogP contribution in [-0.2, 0) is 4.79 Å².